The van der Waals surface area contributed by atoms with Gasteiger partial charge in [0.15, 0.2) is 0 Å². The molecule has 158 valence electrons. The number of rotatable bonds is 4. The van der Waals surface area contributed by atoms with Crippen molar-refractivity contribution in [1.82, 2.24) is 18.7 Å². The molecular weight excluding hydrogens is 419 g/mol. The van der Waals surface area contributed by atoms with E-state index in [9.17, 15) is 36.5 Å². The molecule has 3 rings (SSSR count). The average molecular weight is 435 g/mol. The molecule has 2 heterocycles. The molecule has 0 bridgehead atoms. The maximum atomic E-state index is 12.9. The van der Waals surface area contributed by atoms with E-state index in [0.29, 0.717) is 4.57 Å². The average Bonchev–Trinajstić information content (AvgIpc) is 2.97. The number of nitro benzene ring substituents is 1. The standard InChI is InChI=1S/C15H16F3N5O5S/c1-20-13(15(16,17)18)19-22(14(20)24)10-6-8-21(9-7-10)29(27,28)12-4-2-11(3-5-12)23(25)26/h2-5,10H,6-9H2,1H3. The Labute approximate surface area is 162 Å². The van der Waals surface area contributed by atoms with Crippen LogP contribution in [0, 0.1) is 10.1 Å². The quantitative estimate of drug-likeness (QED) is 0.531. The number of hydrogen-bond donors (Lipinski definition) is 0. The van der Waals surface area contributed by atoms with Gasteiger partial charge < -0.3 is 0 Å². The highest BCUT2D eigenvalue weighted by Gasteiger charge is 2.39. The van der Waals surface area contributed by atoms with Crippen molar-refractivity contribution in [3.63, 3.8) is 0 Å². The molecule has 0 N–H and O–H groups in total. The summed E-state index contributed by atoms with van der Waals surface area (Å²) in [5.74, 6) is -1.32. The minimum atomic E-state index is -4.78. The van der Waals surface area contributed by atoms with Gasteiger partial charge in [-0.15, -0.1) is 5.10 Å². The molecule has 1 aromatic carbocycles. The van der Waals surface area contributed by atoms with Gasteiger partial charge in [-0.3, -0.25) is 14.7 Å². The lowest BCUT2D eigenvalue weighted by Crippen LogP contribution is -2.41. The van der Waals surface area contributed by atoms with Crippen LogP contribution in [0.5, 0.6) is 0 Å². The monoisotopic (exact) mass is 435 g/mol. The summed E-state index contributed by atoms with van der Waals surface area (Å²) in [6.07, 6.45) is -4.58. The molecule has 0 aliphatic carbocycles. The Kier molecular flexibility index (Phi) is 5.25. The van der Waals surface area contributed by atoms with E-state index in [-0.39, 0.29) is 36.5 Å². The van der Waals surface area contributed by atoms with E-state index in [4.69, 9.17) is 0 Å². The van der Waals surface area contributed by atoms with Crippen LogP contribution in [0.25, 0.3) is 0 Å². The van der Waals surface area contributed by atoms with E-state index in [1.807, 2.05) is 0 Å². The SMILES string of the molecule is Cn1c(C(F)(F)F)nn(C2CCN(S(=O)(=O)c3ccc([N+](=O)[O-])cc3)CC2)c1=O. The first-order chi connectivity index (χ1) is 13.4. The Morgan fingerprint density at radius 2 is 1.72 bits per heavy atom. The van der Waals surface area contributed by atoms with Crippen LogP contribution in [-0.2, 0) is 23.2 Å². The first-order valence-electron chi connectivity index (χ1n) is 8.40. The zero-order valence-electron chi connectivity index (χ0n) is 15.0. The van der Waals surface area contributed by atoms with E-state index in [1.165, 1.54) is 0 Å². The van der Waals surface area contributed by atoms with Crippen molar-refractivity contribution >= 4 is 15.7 Å². The van der Waals surface area contributed by atoms with Gasteiger partial charge in [-0.25, -0.2) is 17.9 Å². The van der Waals surface area contributed by atoms with Crippen molar-refractivity contribution in [3.8, 4) is 0 Å². The first kappa shape index (κ1) is 21.0. The third-order valence-corrected chi connectivity index (χ3v) is 6.62. The van der Waals surface area contributed by atoms with Crippen LogP contribution in [0.4, 0.5) is 18.9 Å². The fourth-order valence-corrected chi connectivity index (χ4v) is 4.63. The van der Waals surface area contributed by atoms with Gasteiger partial charge in [0.1, 0.15) is 0 Å². The summed E-state index contributed by atoms with van der Waals surface area (Å²) < 4.78 is 66.5. The lowest BCUT2D eigenvalue weighted by Gasteiger charge is -2.30. The Morgan fingerprint density at radius 3 is 2.17 bits per heavy atom. The molecular formula is C15H16F3N5O5S. The molecule has 0 saturated carbocycles. The van der Waals surface area contributed by atoms with E-state index in [1.54, 1.807) is 0 Å². The summed E-state index contributed by atoms with van der Waals surface area (Å²) in [5.41, 5.74) is -1.17. The van der Waals surface area contributed by atoms with Crippen LogP contribution < -0.4 is 5.69 Å². The molecule has 2 aromatic rings. The number of sulfonamides is 1. The van der Waals surface area contributed by atoms with Gasteiger partial charge in [0.05, 0.1) is 15.9 Å². The summed E-state index contributed by atoms with van der Waals surface area (Å²) in [6.45, 7) is -0.0668. The van der Waals surface area contributed by atoms with E-state index in [0.717, 1.165) is 40.3 Å². The predicted molar refractivity (Wildman–Crippen MR) is 92.6 cm³/mol. The van der Waals surface area contributed by atoms with Gasteiger partial charge >= 0.3 is 11.9 Å². The van der Waals surface area contributed by atoms with Crippen molar-refractivity contribution in [2.24, 2.45) is 7.05 Å². The van der Waals surface area contributed by atoms with E-state index >= 15 is 0 Å². The number of piperidine rings is 1. The number of hydrogen-bond acceptors (Lipinski definition) is 6. The number of halogens is 3. The second-order valence-corrected chi connectivity index (χ2v) is 8.43. The highest BCUT2D eigenvalue weighted by molar-refractivity contribution is 7.89. The number of non-ortho nitro benzene ring substituents is 1. The smallest absolute Gasteiger partial charge is 0.274 e. The Morgan fingerprint density at radius 1 is 1.17 bits per heavy atom. The first-order valence-corrected chi connectivity index (χ1v) is 9.84. The maximum Gasteiger partial charge on any atom is 0.451 e. The molecule has 1 saturated heterocycles. The van der Waals surface area contributed by atoms with Crippen molar-refractivity contribution in [2.75, 3.05) is 13.1 Å². The van der Waals surface area contributed by atoms with Crippen molar-refractivity contribution in [1.29, 1.82) is 0 Å². The van der Waals surface area contributed by atoms with Crippen LogP contribution in [0.15, 0.2) is 34.0 Å². The van der Waals surface area contributed by atoms with E-state index < -0.39 is 38.7 Å². The summed E-state index contributed by atoms with van der Waals surface area (Å²) in [4.78, 5) is 22.0. The van der Waals surface area contributed by atoms with Gasteiger partial charge in [0.25, 0.3) is 5.69 Å². The number of nitro groups is 1. The predicted octanol–water partition coefficient (Wildman–Crippen LogP) is 1.53. The second kappa shape index (κ2) is 7.26. The molecule has 1 fully saturated rings. The number of alkyl halides is 3. The normalized spacial score (nSPS) is 16.8. The third kappa shape index (κ3) is 3.89. The van der Waals surface area contributed by atoms with Gasteiger partial charge in [0, 0.05) is 32.3 Å². The minimum Gasteiger partial charge on any atom is -0.274 e. The summed E-state index contributed by atoms with van der Waals surface area (Å²) in [7, 11) is -2.95. The molecule has 0 spiro atoms. The van der Waals surface area contributed by atoms with Crippen LogP contribution >= 0.6 is 0 Å². The summed E-state index contributed by atoms with van der Waals surface area (Å²) >= 11 is 0. The third-order valence-electron chi connectivity index (χ3n) is 4.71. The largest absolute Gasteiger partial charge is 0.451 e. The minimum absolute atomic E-state index is 0.0334. The van der Waals surface area contributed by atoms with Crippen molar-refractivity contribution in [2.45, 2.75) is 30.0 Å². The van der Waals surface area contributed by atoms with Gasteiger partial charge in [-0.05, 0) is 25.0 Å². The van der Waals surface area contributed by atoms with Gasteiger partial charge in [-0.2, -0.15) is 17.5 Å². The zero-order chi connectivity index (χ0) is 21.6. The van der Waals surface area contributed by atoms with Crippen LogP contribution in [0.3, 0.4) is 0 Å². The molecule has 14 heteroatoms. The Balaban J connectivity index is 1.77. The number of benzene rings is 1. The van der Waals surface area contributed by atoms with Gasteiger partial charge in [-0.1, -0.05) is 0 Å². The fraction of sp³-hybridized carbons (Fsp3) is 0.467. The molecule has 10 nitrogen and oxygen atoms in total. The zero-order valence-corrected chi connectivity index (χ0v) is 15.9. The maximum absolute atomic E-state index is 12.9. The number of nitrogens with zero attached hydrogens (tertiary/aromatic N) is 5. The molecule has 0 amide bonds. The molecule has 0 atom stereocenters. The molecule has 29 heavy (non-hydrogen) atoms. The molecule has 1 aromatic heterocycles. The molecule has 1 aliphatic heterocycles. The Hall–Kier alpha value is -2.74. The molecule has 0 radical (unpaired) electrons. The van der Waals surface area contributed by atoms with Crippen molar-refractivity contribution < 1.29 is 26.5 Å². The summed E-state index contributed by atoms with van der Waals surface area (Å²) in [5, 5.41) is 14.1. The van der Waals surface area contributed by atoms with E-state index in [2.05, 4.69) is 5.10 Å². The Bertz CT molecular complexity index is 1080. The highest BCUT2D eigenvalue weighted by atomic mass is 32.2. The van der Waals surface area contributed by atoms with Crippen LogP contribution in [0.1, 0.15) is 24.7 Å². The van der Waals surface area contributed by atoms with Gasteiger partial charge in [0.2, 0.25) is 15.8 Å². The van der Waals surface area contributed by atoms with Crippen LogP contribution in [-0.4, -0.2) is 45.1 Å². The lowest BCUT2D eigenvalue weighted by atomic mass is 10.1. The summed E-state index contributed by atoms with van der Waals surface area (Å²) in [6, 6.07) is 3.72. The van der Waals surface area contributed by atoms with Crippen LogP contribution in [0.2, 0.25) is 0 Å². The fourth-order valence-electron chi connectivity index (χ4n) is 3.16. The van der Waals surface area contributed by atoms with Crippen molar-refractivity contribution in [3.05, 3.63) is 50.7 Å². The second-order valence-electron chi connectivity index (χ2n) is 6.49. The lowest BCUT2D eigenvalue weighted by molar-refractivity contribution is -0.384. The topological polar surface area (TPSA) is 120 Å². The number of aromatic nitrogens is 3. The highest BCUT2D eigenvalue weighted by Crippen LogP contribution is 2.29. The molecule has 0 unspecified atom stereocenters. The molecule has 1 aliphatic rings.